The number of β-amino-alcohol motifs (C(OH)–C–C–N with tert-alkyl or cyclic N) is 1. The summed E-state index contributed by atoms with van der Waals surface area (Å²) in [4.78, 5) is 7.91. The Kier molecular flexibility index (Phi) is 4.90. The molecule has 1 aliphatic heterocycles. The molecule has 1 aliphatic rings. The van der Waals surface area contributed by atoms with E-state index in [2.05, 4.69) is 46.0 Å². The summed E-state index contributed by atoms with van der Waals surface area (Å²) in [7, 11) is 0. The van der Waals surface area contributed by atoms with Gasteiger partial charge in [-0.15, -0.1) is 0 Å². The summed E-state index contributed by atoms with van der Waals surface area (Å²) in [5.74, 6) is 0. The largest absolute Gasteiger partial charge is 0.387 e. The number of halogens is 1. The van der Waals surface area contributed by atoms with Crippen LogP contribution in [0.4, 0.5) is 5.69 Å². The fourth-order valence-electron chi connectivity index (χ4n) is 3.75. The lowest BCUT2D eigenvalue weighted by molar-refractivity contribution is 0.110. The number of nitrogens with one attached hydrogen (secondary N) is 1. The summed E-state index contributed by atoms with van der Waals surface area (Å²) in [5.41, 5.74) is 4.37. The highest BCUT2D eigenvalue weighted by molar-refractivity contribution is 6.33. The summed E-state index contributed by atoms with van der Waals surface area (Å²) in [5, 5.41) is 12.7. The molecule has 136 valence electrons. The van der Waals surface area contributed by atoms with Gasteiger partial charge in [0.2, 0.25) is 0 Å². The lowest BCUT2D eigenvalue weighted by Gasteiger charge is -2.37. The van der Waals surface area contributed by atoms with Crippen LogP contribution in [0.25, 0.3) is 10.9 Å². The molecule has 1 saturated heterocycles. The first-order chi connectivity index (χ1) is 12.6. The minimum Gasteiger partial charge on any atom is -0.387 e. The Morgan fingerprint density at radius 1 is 1.12 bits per heavy atom. The van der Waals surface area contributed by atoms with Crippen molar-refractivity contribution in [3.05, 3.63) is 64.8 Å². The fourth-order valence-corrected chi connectivity index (χ4v) is 4.01. The Bertz CT molecular complexity index is 899. The minimum absolute atomic E-state index is 0.489. The van der Waals surface area contributed by atoms with Gasteiger partial charge in [-0.3, -0.25) is 4.90 Å². The lowest BCUT2D eigenvalue weighted by atomic mass is 10.1. The van der Waals surface area contributed by atoms with Gasteiger partial charge in [0.15, 0.2) is 0 Å². The molecule has 0 spiro atoms. The molecule has 26 heavy (non-hydrogen) atoms. The van der Waals surface area contributed by atoms with Crippen molar-refractivity contribution in [1.82, 2.24) is 9.88 Å². The molecule has 0 amide bonds. The van der Waals surface area contributed by atoms with E-state index >= 15 is 0 Å². The molecule has 0 saturated carbocycles. The highest BCUT2D eigenvalue weighted by Crippen LogP contribution is 2.28. The zero-order chi connectivity index (χ0) is 18.1. The summed E-state index contributed by atoms with van der Waals surface area (Å²) < 4.78 is 0. The maximum atomic E-state index is 10.8. The van der Waals surface area contributed by atoms with Gasteiger partial charge in [0.05, 0.1) is 16.8 Å². The van der Waals surface area contributed by atoms with Crippen LogP contribution >= 0.6 is 11.6 Å². The number of H-pyrrole nitrogens is 1. The van der Waals surface area contributed by atoms with Crippen LogP contribution in [-0.4, -0.2) is 47.7 Å². The van der Waals surface area contributed by atoms with E-state index in [1.54, 1.807) is 0 Å². The van der Waals surface area contributed by atoms with Gasteiger partial charge in [0.1, 0.15) is 0 Å². The fraction of sp³-hybridized carbons (Fsp3) is 0.333. The summed E-state index contributed by atoms with van der Waals surface area (Å²) >= 11 is 6.32. The molecular formula is C21H24ClN3O. The monoisotopic (exact) mass is 369 g/mol. The van der Waals surface area contributed by atoms with Crippen LogP contribution in [0.2, 0.25) is 5.02 Å². The molecule has 0 bridgehead atoms. The zero-order valence-corrected chi connectivity index (χ0v) is 15.7. The number of hydrogen-bond acceptors (Lipinski definition) is 3. The number of anilines is 1. The summed E-state index contributed by atoms with van der Waals surface area (Å²) in [6.07, 6.45) is 1.45. The van der Waals surface area contributed by atoms with Crippen LogP contribution in [0, 0.1) is 6.92 Å². The Balaban J connectivity index is 1.41. The second-order valence-corrected chi connectivity index (χ2v) is 7.46. The van der Waals surface area contributed by atoms with Gasteiger partial charge in [-0.1, -0.05) is 35.4 Å². The number of aliphatic hydroxyl groups is 1. The van der Waals surface area contributed by atoms with Crippen molar-refractivity contribution in [2.24, 2.45) is 0 Å². The third-order valence-electron chi connectivity index (χ3n) is 5.22. The molecule has 2 N–H and O–H groups in total. The predicted molar refractivity (Wildman–Crippen MR) is 108 cm³/mol. The molecule has 1 fully saturated rings. The number of aromatic nitrogens is 1. The van der Waals surface area contributed by atoms with Crippen molar-refractivity contribution in [1.29, 1.82) is 0 Å². The average Bonchev–Trinajstić information content (AvgIpc) is 3.06. The van der Waals surface area contributed by atoms with Crippen LogP contribution in [0.5, 0.6) is 0 Å². The SMILES string of the molecule is Cc1ccc2[nH]cc([C@H](O)CN3CCN(c4ccccc4Cl)CC3)c2c1. The van der Waals surface area contributed by atoms with E-state index in [0.717, 1.165) is 53.4 Å². The van der Waals surface area contributed by atoms with E-state index in [1.807, 2.05) is 24.4 Å². The minimum atomic E-state index is -0.489. The summed E-state index contributed by atoms with van der Waals surface area (Å²) in [6, 6.07) is 14.3. The average molecular weight is 370 g/mol. The van der Waals surface area contributed by atoms with Crippen LogP contribution in [0.15, 0.2) is 48.7 Å². The Hall–Kier alpha value is -2.01. The van der Waals surface area contributed by atoms with Gasteiger partial charge in [0.25, 0.3) is 0 Å². The van der Waals surface area contributed by atoms with Crippen molar-refractivity contribution in [3.63, 3.8) is 0 Å². The van der Waals surface area contributed by atoms with E-state index in [4.69, 9.17) is 11.6 Å². The second kappa shape index (κ2) is 7.31. The lowest BCUT2D eigenvalue weighted by Crippen LogP contribution is -2.47. The molecule has 1 atom stereocenters. The molecule has 1 aromatic heterocycles. The molecule has 2 aromatic carbocycles. The molecule has 0 radical (unpaired) electrons. The van der Waals surface area contributed by atoms with E-state index in [1.165, 1.54) is 5.56 Å². The third-order valence-corrected chi connectivity index (χ3v) is 5.54. The number of hydrogen-bond donors (Lipinski definition) is 2. The third kappa shape index (κ3) is 3.45. The molecule has 2 heterocycles. The van der Waals surface area contributed by atoms with E-state index < -0.39 is 6.10 Å². The summed E-state index contributed by atoms with van der Waals surface area (Å²) in [6.45, 7) is 6.41. The van der Waals surface area contributed by atoms with Crippen molar-refractivity contribution >= 4 is 28.2 Å². The predicted octanol–water partition coefficient (Wildman–Crippen LogP) is 3.99. The van der Waals surface area contributed by atoms with Gasteiger partial charge in [-0.05, 0) is 31.2 Å². The van der Waals surface area contributed by atoms with Gasteiger partial charge >= 0.3 is 0 Å². The number of piperazine rings is 1. The normalized spacial score (nSPS) is 17.0. The van der Waals surface area contributed by atoms with Crippen LogP contribution < -0.4 is 4.90 Å². The van der Waals surface area contributed by atoms with Gasteiger partial charge in [-0.25, -0.2) is 0 Å². The van der Waals surface area contributed by atoms with Crippen molar-refractivity contribution in [2.75, 3.05) is 37.6 Å². The number of nitrogens with zero attached hydrogens (tertiary/aromatic N) is 2. The number of fused-ring (bicyclic) bond motifs is 1. The first-order valence-corrected chi connectivity index (χ1v) is 9.47. The quantitative estimate of drug-likeness (QED) is 0.730. The highest BCUT2D eigenvalue weighted by Gasteiger charge is 2.22. The standard InChI is InChI=1S/C21H24ClN3O/c1-15-6-7-19-16(12-15)17(13-23-19)21(26)14-24-8-10-25(11-9-24)20-5-3-2-4-18(20)22/h2-7,12-13,21,23,26H,8-11,14H2,1H3/t21-/m1/s1. The van der Waals surface area contributed by atoms with E-state index in [0.29, 0.717) is 6.54 Å². The Morgan fingerprint density at radius 2 is 1.88 bits per heavy atom. The molecule has 0 unspecified atom stereocenters. The molecular weight excluding hydrogens is 346 g/mol. The van der Waals surface area contributed by atoms with Gasteiger partial charge in [0, 0.05) is 55.4 Å². The first-order valence-electron chi connectivity index (χ1n) is 9.09. The van der Waals surface area contributed by atoms with Crippen LogP contribution in [0.1, 0.15) is 17.2 Å². The van der Waals surface area contributed by atoms with Crippen molar-refractivity contribution in [3.8, 4) is 0 Å². The number of para-hydroxylation sites is 1. The molecule has 0 aliphatic carbocycles. The molecule has 4 nitrogen and oxygen atoms in total. The molecule has 5 heteroatoms. The van der Waals surface area contributed by atoms with Crippen LogP contribution in [0.3, 0.4) is 0 Å². The van der Waals surface area contributed by atoms with E-state index in [9.17, 15) is 5.11 Å². The number of aryl methyl sites for hydroxylation is 1. The smallest absolute Gasteiger partial charge is 0.0937 e. The maximum Gasteiger partial charge on any atom is 0.0937 e. The number of aliphatic hydroxyl groups excluding tert-OH is 1. The Morgan fingerprint density at radius 3 is 2.65 bits per heavy atom. The van der Waals surface area contributed by atoms with E-state index in [-0.39, 0.29) is 0 Å². The molecule has 3 aromatic rings. The van der Waals surface area contributed by atoms with Crippen molar-refractivity contribution < 1.29 is 5.11 Å². The topological polar surface area (TPSA) is 42.5 Å². The first kappa shape index (κ1) is 17.4. The number of benzene rings is 2. The Labute approximate surface area is 159 Å². The second-order valence-electron chi connectivity index (χ2n) is 7.05. The van der Waals surface area contributed by atoms with Crippen molar-refractivity contribution in [2.45, 2.75) is 13.0 Å². The maximum absolute atomic E-state index is 10.8. The highest BCUT2D eigenvalue weighted by atomic mass is 35.5. The number of aromatic amines is 1. The number of rotatable bonds is 4. The zero-order valence-electron chi connectivity index (χ0n) is 15.0. The molecule has 4 rings (SSSR count). The van der Waals surface area contributed by atoms with Gasteiger partial charge in [-0.2, -0.15) is 0 Å². The van der Waals surface area contributed by atoms with Gasteiger partial charge < -0.3 is 15.0 Å². The van der Waals surface area contributed by atoms with Crippen LogP contribution in [-0.2, 0) is 0 Å².